The number of phenols is 1. The van der Waals surface area contributed by atoms with Gasteiger partial charge in [0, 0.05) is 20.1 Å². The van der Waals surface area contributed by atoms with Gasteiger partial charge in [-0.15, -0.1) is 0 Å². The number of aromatic hydroxyl groups is 1. The molecule has 2 N–H and O–H groups in total. The average Bonchev–Trinajstić information content (AvgIpc) is 3.17. The molecule has 0 bridgehead atoms. The number of aromatic amines is 1. The van der Waals surface area contributed by atoms with Crippen molar-refractivity contribution in [3.8, 4) is 11.5 Å². The van der Waals surface area contributed by atoms with E-state index in [1.165, 1.54) is 3.57 Å². The smallest absolute Gasteiger partial charge is 0.150 e. The zero-order valence-electron chi connectivity index (χ0n) is 15.1. The first-order valence-electron chi connectivity index (χ1n) is 9.00. The SMILES string of the molecule is CC1=C(c2cccc(O)c2)C(c2ccc(I)cc2)Oc2ccc3[nH]ncc3c21. The number of ether oxygens (including phenoxy) is 1. The van der Waals surface area contributed by atoms with Crippen LogP contribution < -0.4 is 4.74 Å². The second-order valence-electron chi connectivity index (χ2n) is 6.91. The first-order valence-corrected chi connectivity index (χ1v) is 10.1. The van der Waals surface area contributed by atoms with E-state index in [1.54, 1.807) is 12.1 Å². The van der Waals surface area contributed by atoms with E-state index in [0.717, 1.165) is 44.5 Å². The van der Waals surface area contributed by atoms with Crippen LogP contribution in [0.15, 0.2) is 66.9 Å². The maximum Gasteiger partial charge on any atom is 0.150 e. The molecule has 28 heavy (non-hydrogen) atoms. The van der Waals surface area contributed by atoms with Crippen molar-refractivity contribution >= 4 is 44.6 Å². The number of hydrogen-bond acceptors (Lipinski definition) is 3. The van der Waals surface area contributed by atoms with Gasteiger partial charge in [-0.25, -0.2) is 0 Å². The van der Waals surface area contributed by atoms with Gasteiger partial charge in [-0.2, -0.15) is 5.10 Å². The molecule has 0 saturated carbocycles. The number of halogens is 1. The lowest BCUT2D eigenvalue weighted by Crippen LogP contribution is -2.16. The first kappa shape index (κ1) is 17.3. The fourth-order valence-corrected chi connectivity index (χ4v) is 4.27. The normalized spacial score (nSPS) is 16.1. The van der Waals surface area contributed by atoms with E-state index in [2.05, 4.69) is 64.0 Å². The predicted molar refractivity (Wildman–Crippen MR) is 119 cm³/mol. The van der Waals surface area contributed by atoms with Crippen molar-refractivity contribution in [2.24, 2.45) is 0 Å². The van der Waals surface area contributed by atoms with Crippen LogP contribution in [0.4, 0.5) is 0 Å². The Balaban J connectivity index is 1.79. The van der Waals surface area contributed by atoms with Crippen LogP contribution in [0.5, 0.6) is 11.5 Å². The van der Waals surface area contributed by atoms with Gasteiger partial charge in [-0.3, -0.25) is 5.10 Å². The van der Waals surface area contributed by atoms with E-state index >= 15 is 0 Å². The van der Waals surface area contributed by atoms with Crippen LogP contribution >= 0.6 is 22.6 Å². The third-order valence-electron chi connectivity index (χ3n) is 5.20. The van der Waals surface area contributed by atoms with Gasteiger partial charge in [0.25, 0.3) is 0 Å². The Hall–Kier alpha value is -2.80. The third-order valence-corrected chi connectivity index (χ3v) is 5.92. The fourth-order valence-electron chi connectivity index (χ4n) is 3.91. The van der Waals surface area contributed by atoms with Crippen LogP contribution in [-0.2, 0) is 0 Å². The van der Waals surface area contributed by atoms with E-state index in [1.807, 2.05) is 30.5 Å². The molecule has 5 heteroatoms. The number of fused-ring (bicyclic) bond motifs is 3. The zero-order valence-corrected chi connectivity index (χ0v) is 17.3. The Kier molecular flexibility index (Phi) is 4.12. The highest BCUT2D eigenvalue weighted by atomic mass is 127. The summed E-state index contributed by atoms with van der Waals surface area (Å²) in [6.07, 6.45) is 1.59. The van der Waals surface area contributed by atoms with Crippen molar-refractivity contribution in [3.05, 3.63) is 87.1 Å². The van der Waals surface area contributed by atoms with Crippen LogP contribution in [0.2, 0.25) is 0 Å². The standard InChI is InChI=1S/C23H17IN2O2/c1-13-21(15-3-2-4-17(27)11-15)23(14-5-7-16(24)8-6-14)28-20-10-9-19-18(22(13)20)12-25-26-19/h2-12,23,27H,1H3,(H,25,26). The molecule has 138 valence electrons. The number of aromatic nitrogens is 2. The Morgan fingerprint density at radius 2 is 1.89 bits per heavy atom. The molecule has 0 saturated heterocycles. The minimum Gasteiger partial charge on any atom is -0.508 e. The number of hydrogen-bond donors (Lipinski definition) is 2. The zero-order chi connectivity index (χ0) is 19.3. The summed E-state index contributed by atoms with van der Waals surface area (Å²) in [7, 11) is 0. The lowest BCUT2D eigenvalue weighted by Gasteiger charge is -2.31. The molecule has 1 unspecified atom stereocenters. The van der Waals surface area contributed by atoms with Gasteiger partial charge in [0.1, 0.15) is 17.6 Å². The quantitative estimate of drug-likeness (QED) is 0.350. The fraction of sp³-hybridized carbons (Fsp3) is 0.0870. The monoisotopic (exact) mass is 480 g/mol. The predicted octanol–water partition coefficient (Wildman–Crippen LogP) is 5.94. The molecule has 1 aliphatic heterocycles. The van der Waals surface area contributed by atoms with Crippen molar-refractivity contribution in [1.82, 2.24) is 10.2 Å². The van der Waals surface area contributed by atoms with Crippen LogP contribution in [0, 0.1) is 3.57 Å². The summed E-state index contributed by atoms with van der Waals surface area (Å²) in [5, 5.41) is 18.3. The van der Waals surface area contributed by atoms with E-state index in [9.17, 15) is 5.11 Å². The highest BCUT2D eigenvalue weighted by Crippen LogP contribution is 2.48. The van der Waals surface area contributed by atoms with Crippen molar-refractivity contribution in [3.63, 3.8) is 0 Å². The second-order valence-corrected chi connectivity index (χ2v) is 8.15. The number of nitrogens with zero attached hydrogens (tertiary/aromatic N) is 1. The molecule has 5 rings (SSSR count). The molecule has 1 aromatic heterocycles. The molecular formula is C23H17IN2O2. The summed E-state index contributed by atoms with van der Waals surface area (Å²) >= 11 is 2.31. The molecule has 0 radical (unpaired) electrons. The molecule has 1 aliphatic rings. The summed E-state index contributed by atoms with van der Waals surface area (Å²) in [6.45, 7) is 2.12. The van der Waals surface area contributed by atoms with Crippen molar-refractivity contribution in [1.29, 1.82) is 0 Å². The van der Waals surface area contributed by atoms with Crippen molar-refractivity contribution < 1.29 is 9.84 Å². The maximum atomic E-state index is 10.1. The van der Waals surface area contributed by atoms with Gasteiger partial charge in [0.2, 0.25) is 0 Å². The summed E-state index contributed by atoms with van der Waals surface area (Å²) in [4.78, 5) is 0. The van der Waals surface area contributed by atoms with E-state index in [-0.39, 0.29) is 11.9 Å². The molecule has 0 aliphatic carbocycles. The lowest BCUT2D eigenvalue weighted by molar-refractivity contribution is 0.260. The topological polar surface area (TPSA) is 58.1 Å². The molecule has 3 aromatic carbocycles. The second kappa shape index (κ2) is 6.67. The number of nitrogens with one attached hydrogen (secondary N) is 1. The Bertz CT molecular complexity index is 1230. The lowest BCUT2D eigenvalue weighted by atomic mass is 9.85. The third kappa shape index (κ3) is 2.77. The van der Waals surface area contributed by atoms with Gasteiger partial charge in [0.05, 0.1) is 11.7 Å². The van der Waals surface area contributed by atoms with E-state index in [4.69, 9.17) is 4.74 Å². The Labute approximate surface area is 176 Å². The molecule has 4 nitrogen and oxygen atoms in total. The van der Waals surface area contributed by atoms with Crippen molar-refractivity contribution in [2.75, 3.05) is 0 Å². The summed E-state index contributed by atoms with van der Waals surface area (Å²) in [5.74, 6) is 1.09. The molecule has 0 fully saturated rings. The van der Waals surface area contributed by atoms with Crippen LogP contribution in [0.25, 0.3) is 22.0 Å². The maximum absolute atomic E-state index is 10.1. The van der Waals surface area contributed by atoms with E-state index in [0.29, 0.717) is 0 Å². The minimum atomic E-state index is -0.254. The number of allylic oxidation sites excluding steroid dienone is 1. The van der Waals surface area contributed by atoms with Gasteiger partial charge in [-0.1, -0.05) is 24.3 Å². The number of benzene rings is 3. The average molecular weight is 480 g/mol. The molecular weight excluding hydrogens is 463 g/mol. The molecule has 0 spiro atoms. The summed E-state index contributed by atoms with van der Waals surface area (Å²) in [6, 6.07) is 19.7. The highest BCUT2D eigenvalue weighted by molar-refractivity contribution is 14.1. The van der Waals surface area contributed by atoms with E-state index < -0.39 is 0 Å². The van der Waals surface area contributed by atoms with Gasteiger partial charge in [0.15, 0.2) is 0 Å². The molecule has 4 aromatic rings. The van der Waals surface area contributed by atoms with Crippen LogP contribution in [-0.4, -0.2) is 15.3 Å². The van der Waals surface area contributed by atoms with Gasteiger partial charge < -0.3 is 9.84 Å². The Morgan fingerprint density at radius 1 is 1.07 bits per heavy atom. The highest BCUT2D eigenvalue weighted by Gasteiger charge is 2.30. The van der Waals surface area contributed by atoms with Gasteiger partial charge in [-0.05, 0) is 82.6 Å². The van der Waals surface area contributed by atoms with Crippen LogP contribution in [0.3, 0.4) is 0 Å². The summed E-state index contributed by atoms with van der Waals surface area (Å²) in [5.41, 5.74) is 6.24. The molecule has 1 atom stereocenters. The number of phenolic OH excluding ortho intramolecular Hbond substituents is 1. The molecule has 2 heterocycles. The summed E-state index contributed by atoms with van der Waals surface area (Å²) < 4.78 is 7.71. The minimum absolute atomic E-state index is 0.242. The Morgan fingerprint density at radius 3 is 2.68 bits per heavy atom. The van der Waals surface area contributed by atoms with Crippen molar-refractivity contribution in [2.45, 2.75) is 13.0 Å². The largest absolute Gasteiger partial charge is 0.508 e. The van der Waals surface area contributed by atoms with Gasteiger partial charge >= 0.3 is 0 Å². The number of H-pyrrole nitrogens is 1. The van der Waals surface area contributed by atoms with Crippen LogP contribution in [0.1, 0.15) is 29.7 Å². The molecule has 0 amide bonds. The number of rotatable bonds is 2. The first-order chi connectivity index (χ1) is 13.6.